The Hall–Kier alpha value is -1.06. The molecule has 2 rings (SSSR count). The van der Waals surface area contributed by atoms with E-state index in [9.17, 15) is 5.11 Å². The minimum atomic E-state index is 0.266. The second-order valence-corrected chi connectivity index (χ2v) is 5.21. The lowest BCUT2D eigenvalue weighted by Crippen LogP contribution is -2.31. The number of hydrogen-bond acceptors (Lipinski definition) is 3. The van der Waals surface area contributed by atoms with Crippen molar-refractivity contribution in [2.24, 2.45) is 5.92 Å². The molecule has 1 aromatic rings. The van der Waals surface area contributed by atoms with Gasteiger partial charge in [-0.15, -0.1) is 0 Å². The van der Waals surface area contributed by atoms with Gasteiger partial charge in [0.2, 0.25) is 0 Å². The van der Waals surface area contributed by atoms with Gasteiger partial charge in [0.05, 0.1) is 6.61 Å². The highest BCUT2D eigenvalue weighted by Crippen LogP contribution is 2.34. The Morgan fingerprint density at radius 2 is 1.95 bits per heavy atom. The first-order valence-corrected chi connectivity index (χ1v) is 7.39. The smallest absolute Gasteiger partial charge is 0.119 e. The molecule has 0 bridgehead atoms. The van der Waals surface area contributed by atoms with Crippen molar-refractivity contribution in [2.45, 2.75) is 32.1 Å². The second-order valence-electron chi connectivity index (χ2n) is 5.21. The summed E-state index contributed by atoms with van der Waals surface area (Å²) >= 11 is 0. The van der Waals surface area contributed by atoms with Crippen LogP contribution in [-0.4, -0.2) is 31.4 Å². The van der Waals surface area contributed by atoms with Gasteiger partial charge >= 0.3 is 0 Å². The standard InChI is InChI=1S/C16H25NO2/c1-2-19-15-5-3-13(4-6-15)16(9-12-18)14-7-10-17-11-8-14/h3-6,14,16-18H,2,7-12H2,1H3. The molecule has 0 spiro atoms. The molecule has 1 atom stereocenters. The molecule has 0 aromatic heterocycles. The van der Waals surface area contributed by atoms with Gasteiger partial charge < -0.3 is 15.2 Å². The van der Waals surface area contributed by atoms with Gasteiger partial charge in [0, 0.05) is 6.61 Å². The molecular weight excluding hydrogens is 238 g/mol. The van der Waals surface area contributed by atoms with Crippen LogP contribution in [0.1, 0.15) is 37.7 Å². The lowest BCUT2D eigenvalue weighted by atomic mass is 9.79. The molecule has 0 aliphatic carbocycles. The van der Waals surface area contributed by atoms with Gasteiger partial charge in [-0.2, -0.15) is 0 Å². The monoisotopic (exact) mass is 263 g/mol. The number of aliphatic hydroxyl groups excluding tert-OH is 1. The quantitative estimate of drug-likeness (QED) is 0.829. The van der Waals surface area contributed by atoms with Crippen molar-refractivity contribution in [3.8, 4) is 5.75 Å². The number of aliphatic hydroxyl groups is 1. The van der Waals surface area contributed by atoms with Gasteiger partial charge in [-0.1, -0.05) is 12.1 Å². The fourth-order valence-electron chi connectivity index (χ4n) is 3.04. The first-order valence-electron chi connectivity index (χ1n) is 7.39. The van der Waals surface area contributed by atoms with Crippen LogP contribution in [0.25, 0.3) is 0 Å². The molecule has 1 aromatic carbocycles. The van der Waals surface area contributed by atoms with Crippen LogP contribution in [-0.2, 0) is 0 Å². The minimum Gasteiger partial charge on any atom is -0.494 e. The Morgan fingerprint density at radius 3 is 2.53 bits per heavy atom. The van der Waals surface area contributed by atoms with Crippen molar-refractivity contribution < 1.29 is 9.84 Å². The van der Waals surface area contributed by atoms with Crippen LogP contribution < -0.4 is 10.1 Å². The highest BCUT2D eigenvalue weighted by molar-refractivity contribution is 5.30. The van der Waals surface area contributed by atoms with Crippen molar-refractivity contribution >= 4 is 0 Å². The second kappa shape index (κ2) is 7.51. The summed E-state index contributed by atoms with van der Waals surface area (Å²) in [5.74, 6) is 2.09. The number of benzene rings is 1. The van der Waals surface area contributed by atoms with E-state index in [0.29, 0.717) is 18.4 Å². The van der Waals surface area contributed by atoms with E-state index in [1.807, 2.05) is 19.1 Å². The maximum atomic E-state index is 9.33. The van der Waals surface area contributed by atoms with E-state index in [4.69, 9.17) is 4.74 Å². The molecule has 3 heteroatoms. The first-order chi connectivity index (χ1) is 9.35. The third-order valence-corrected chi connectivity index (χ3v) is 4.01. The van der Waals surface area contributed by atoms with Gasteiger partial charge in [0.1, 0.15) is 5.75 Å². The average molecular weight is 263 g/mol. The third-order valence-electron chi connectivity index (χ3n) is 4.01. The van der Waals surface area contributed by atoms with Crippen LogP contribution in [0.15, 0.2) is 24.3 Å². The Morgan fingerprint density at radius 1 is 1.26 bits per heavy atom. The topological polar surface area (TPSA) is 41.5 Å². The van der Waals surface area contributed by atoms with Gasteiger partial charge in [-0.3, -0.25) is 0 Å². The maximum Gasteiger partial charge on any atom is 0.119 e. The molecule has 3 nitrogen and oxygen atoms in total. The molecule has 1 aliphatic rings. The summed E-state index contributed by atoms with van der Waals surface area (Å²) in [5, 5.41) is 12.7. The van der Waals surface area contributed by atoms with E-state index in [1.54, 1.807) is 0 Å². The van der Waals surface area contributed by atoms with E-state index in [1.165, 1.54) is 18.4 Å². The molecule has 1 fully saturated rings. The van der Waals surface area contributed by atoms with Gasteiger partial charge in [-0.05, 0) is 68.8 Å². The van der Waals surface area contributed by atoms with E-state index >= 15 is 0 Å². The van der Waals surface area contributed by atoms with Crippen molar-refractivity contribution in [2.75, 3.05) is 26.3 Å². The molecule has 1 saturated heterocycles. The van der Waals surface area contributed by atoms with E-state index in [0.717, 1.165) is 25.3 Å². The molecule has 2 N–H and O–H groups in total. The van der Waals surface area contributed by atoms with Crippen LogP contribution in [0, 0.1) is 5.92 Å². The maximum absolute atomic E-state index is 9.33. The normalized spacial score (nSPS) is 18.2. The lowest BCUT2D eigenvalue weighted by molar-refractivity contribution is 0.233. The zero-order valence-corrected chi connectivity index (χ0v) is 11.8. The predicted molar refractivity (Wildman–Crippen MR) is 77.6 cm³/mol. The molecule has 1 unspecified atom stereocenters. The van der Waals surface area contributed by atoms with Gasteiger partial charge in [0.25, 0.3) is 0 Å². The summed E-state index contributed by atoms with van der Waals surface area (Å²) < 4.78 is 5.49. The molecule has 19 heavy (non-hydrogen) atoms. The zero-order valence-electron chi connectivity index (χ0n) is 11.8. The SMILES string of the molecule is CCOc1ccc(C(CCO)C2CCNCC2)cc1. The molecule has 1 heterocycles. The minimum absolute atomic E-state index is 0.266. The lowest BCUT2D eigenvalue weighted by Gasteiger charge is -2.31. The van der Waals surface area contributed by atoms with E-state index in [-0.39, 0.29) is 6.61 Å². The Bertz CT molecular complexity index is 358. The Kier molecular flexibility index (Phi) is 5.67. The number of hydrogen-bond donors (Lipinski definition) is 2. The summed E-state index contributed by atoms with van der Waals surface area (Å²) in [5.41, 5.74) is 1.34. The van der Waals surface area contributed by atoms with E-state index in [2.05, 4.69) is 17.4 Å². The number of piperidine rings is 1. The summed E-state index contributed by atoms with van der Waals surface area (Å²) in [6.45, 7) is 5.17. The fourth-order valence-corrected chi connectivity index (χ4v) is 3.04. The third kappa shape index (κ3) is 3.95. The molecular formula is C16H25NO2. The number of ether oxygens (including phenoxy) is 1. The Balaban J connectivity index is 2.08. The van der Waals surface area contributed by atoms with Gasteiger partial charge in [-0.25, -0.2) is 0 Å². The number of rotatable bonds is 6. The largest absolute Gasteiger partial charge is 0.494 e. The van der Waals surface area contributed by atoms with Crippen molar-refractivity contribution in [1.82, 2.24) is 5.32 Å². The van der Waals surface area contributed by atoms with Crippen molar-refractivity contribution in [3.63, 3.8) is 0 Å². The fraction of sp³-hybridized carbons (Fsp3) is 0.625. The summed E-state index contributed by atoms with van der Waals surface area (Å²) in [6.07, 6.45) is 3.27. The molecule has 0 amide bonds. The van der Waals surface area contributed by atoms with Gasteiger partial charge in [0.15, 0.2) is 0 Å². The van der Waals surface area contributed by atoms with E-state index < -0.39 is 0 Å². The van der Waals surface area contributed by atoms with Crippen LogP contribution in [0.5, 0.6) is 5.75 Å². The molecule has 0 radical (unpaired) electrons. The first kappa shape index (κ1) is 14.4. The van der Waals surface area contributed by atoms with Crippen molar-refractivity contribution in [1.29, 1.82) is 0 Å². The molecule has 1 aliphatic heterocycles. The Labute approximate surface area is 116 Å². The molecule has 106 valence electrons. The highest BCUT2D eigenvalue weighted by Gasteiger charge is 2.24. The van der Waals surface area contributed by atoms with Crippen molar-refractivity contribution in [3.05, 3.63) is 29.8 Å². The van der Waals surface area contributed by atoms with Crippen LogP contribution in [0.3, 0.4) is 0 Å². The van der Waals surface area contributed by atoms with Crippen LogP contribution >= 0.6 is 0 Å². The average Bonchev–Trinajstić information content (AvgIpc) is 2.47. The number of nitrogens with one attached hydrogen (secondary N) is 1. The summed E-state index contributed by atoms with van der Waals surface area (Å²) in [6, 6.07) is 8.41. The summed E-state index contributed by atoms with van der Waals surface area (Å²) in [7, 11) is 0. The van der Waals surface area contributed by atoms with Crippen LogP contribution in [0.4, 0.5) is 0 Å². The summed E-state index contributed by atoms with van der Waals surface area (Å²) in [4.78, 5) is 0. The van der Waals surface area contributed by atoms with Crippen LogP contribution in [0.2, 0.25) is 0 Å². The predicted octanol–water partition coefficient (Wildman–Crippen LogP) is 2.55. The molecule has 0 saturated carbocycles. The zero-order chi connectivity index (χ0) is 13.5. The highest BCUT2D eigenvalue weighted by atomic mass is 16.5.